The van der Waals surface area contributed by atoms with E-state index in [1.807, 2.05) is 38.2 Å². The van der Waals surface area contributed by atoms with Crippen molar-refractivity contribution in [3.05, 3.63) is 96.7 Å². The minimum atomic E-state index is -0.606. The summed E-state index contributed by atoms with van der Waals surface area (Å²) in [5.74, 6) is -0.577. The van der Waals surface area contributed by atoms with Crippen LogP contribution in [0, 0.1) is 5.92 Å². The molecule has 1 aliphatic carbocycles. The second kappa shape index (κ2) is 24.2. The minimum Gasteiger partial charge on any atom is -0.353 e. The second-order valence-electron chi connectivity index (χ2n) is 10.1. The van der Waals surface area contributed by atoms with E-state index in [2.05, 4.69) is 83.6 Å². The number of allylic oxidation sites excluding steroid dienone is 14. The smallest absolute Gasteiger partial charge is 0.251 e. The topological polar surface area (TPSA) is 87.3 Å². The first-order valence-corrected chi connectivity index (χ1v) is 15.1. The Morgan fingerprint density at radius 2 is 1.39 bits per heavy atom. The first-order valence-electron chi connectivity index (χ1n) is 15.1. The molecular weight excluding hydrogens is 510 g/mol. The first kappa shape index (κ1) is 35.4. The Morgan fingerprint density at radius 3 is 2.00 bits per heavy atom. The molecule has 0 fully saturated rings. The van der Waals surface area contributed by atoms with Crippen molar-refractivity contribution >= 4 is 17.7 Å². The van der Waals surface area contributed by atoms with Gasteiger partial charge in [0.2, 0.25) is 11.8 Å². The Kier molecular flexibility index (Phi) is 20.8. The number of nitrogens with one attached hydrogen (secondary N) is 3. The molecular formula is C35H51N3O3. The zero-order chi connectivity index (χ0) is 30.0. The lowest BCUT2D eigenvalue weighted by molar-refractivity contribution is -0.130. The van der Waals surface area contributed by atoms with Gasteiger partial charge in [-0.3, -0.25) is 14.4 Å². The van der Waals surface area contributed by atoms with E-state index in [9.17, 15) is 14.4 Å². The van der Waals surface area contributed by atoms with Crippen molar-refractivity contribution in [2.24, 2.45) is 5.92 Å². The molecule has 0 aromatic carbocycles. The van der Waals surface area contributed by atoms with E-state index < -0.39 is 6.04 Å². The van der Waals surface area contributed by atoms with Crippen molar-refractivity contribution in [1.82, 2.24) is 16.0 Å². The molecule has 1 aliphatic rings. The predicted octanol–water partition coefficient (Wildman–Crippen LogP) is 6.72. The third-order valence-electron chi connectivity index (χ3n) is 6.17. The summed E-state index contributed by atoms with van der Waals surface area (Å²) in [6, 6.07) is -0.606. The lowest BCUT2D eigenvalue weighted by atomic mass is 10.0. The average molecular weight is 562 g/mol. The Hall–Kier alpha value is -3.67. The summed E-state index contributed by atoms with van der Waals surface area (Å²) in [5.41, 5.74) is 0.609. The number of hydrogen-bond acceptors (Lipinski definition) is 3. The van der Waals surface area contributed by atoms with Crippen molar-refractivity contribution < 1.29 is 14.4 Å². The highest BCUT2D eigenvalue weighted by Gasteiger charge is 2.23. The molecule has 0 aromatic heterocycles. The molecule has 1 rings (SSSR count). The molecule has 3 N–H and O–H groups in total. The molecule has 0 aliphatic heterocycles. The molecule has 0 aromatic rings. The molecule has 0 heterocycles. The maximum Gasteiger partial charge on any atom is 0.251 e. The standard InChI is InChI=1S/C35H51N3O3/c1-4-5-6-7-8-9-10-11-12-13-14-15-16-17-18-19-24-27-32(39)38-33(30(2)3)35(41)37-29-28-36-34(40)31-25-22-20-21-23-26-31/h5-6,8-9,11-12,14-15,17-18,20-22,25-26,30,33H,4,7,10,13,16,19,23-24,27-29H2,1-3H3,(H,36,40)(H,37,41)(H,38,39). The van der Waals surface area contributed by atoms with Crippen LogP contribution in [-0.2, 0) is 14.4 Å². The normalized spacial score (nSPS) is 14.5. The summed E-state index contributed by atoms with van der Waals surface area (Å²) in [4.78, 5) is 37.3. The van der Waals surface area contributed by atoms with E-state index >= 15 is 0 Å². The van der Waals surface area contributed by atoms with Crippen molar-refractivity contribution in [1.29, 1.82) is 0 Å². The molecule has 0 saturated carbocycles. The Balaban J connectivity index is 2.18. The Bertz CT molecular complexity index is 1010. The van der Waals surface area contributed by atoms with E-state index in [0.717, 1.165) is 44.9 Å². The summed E-state index contributed by atoms with van der Waals surface area (Å²) in [7, 11) is 0. The number of rotatable bonds is 20. The summed E-state index contributed by atoms with van der Waals surface area (Å²) in [5, 5.41) is 8.50. The van der Waals surface area contributed by atoms with Crippen LogP contribution >= 0.6 is 0 Å². The van der Waals surface area contributed by atoms with Gasteiger partial charge in [0.1, 0.15) is 6.04 Å². The number of hydrogen-bond donors (Lipinski definition) is 3. The summed E-state index contributed by atoms with van der Waals surface area (Å²) in [6.07, 6.45) is 38.5. The molecule has 6 nitrogen and oxygen atoms in total. The van der Waals surface area contributed by atoms with Gasteiger partial charge in [-0.1, -0.05) is 106 Å². The quantitative estimate of drug-likeness (QED) is 0.114. The number of carbonyl (C=O) groups excluding carboxylic acids is 3. The van der Waals surface area contributed by atoms with E-state index in [1.165, 1.54) is 0 Å². The largest absolute Gasteiger partial charge is 0.353 e. The highest BCUT2D eigenvalue weighted by Crippen LogP contribution is 2.06. The molecule has 0 saturated heterocycles. The van der Waals surface area contributed by atoms with Crippen LogP contribution in [0.1, 0.15) is 78.6 Å². The van der Waals surface area contributed by atoms with E-state index in [4.69, 9.17) is 0 Å². The highest BCUT2D eigenvalue weighted by molar-refractivity contribution is 5.96. The molecule has 3 amide bonds. The van der Waals surface area contributed by atoms with Crippen molar-refractivity contribution in [2.75, 3.05) is 13.1 Å². The molecule has 1 unspecified atom stereocenters. The molecule has 0 bridgehead atoms. The van der Waals surface area contributed by atoms with Crippen molar-refractivity contribution in [3.63, 3.8) is 0 Å². The molecule has 0 radical (unpaired) electrons. The summed E-state index contributed by atoms with van der Waals surface area (Å²) >= 11 is 0. The zero-order valence-electron chi connectivity index (χ0n) is 25.3. The SMILES string of the molecule is CCC=CCC=CCC=CCC=CCC=CCCCC(=O)NC(C(=O)NCCNC(=O)C1=CCC=CC=C1)C(C)C. The first-order chi connectivity index (χ1) is 20.0. The third kappa shape index (κ3) is 19.1. The van der Waals surface area contributed by atoms with Crippen LogP contribution in [0.2, 0.25) is 0 Å². The van der Waals surface area contributed by atoms with Crippen LogP contribution in [0.15, 0.2) is 96.7 Å². The van der Waals surface area contributed by atoms with Gasteiger partial charge in [-0.2, -0.15) is 0 Å². The van der Waals surface area contributed by atoms with E-state index in [1.54, 1.807) is 6.08 Å². The van der Waals surface area contributed by atoms with Gasteiger partial charge in [0.25, 0.3) is 5.91 Å². The van der Waals surface area contributed by atoms with Crippen LogP contribution in [0.25, 0.3) is 0 Å². The van der Waals surface area contributed by atoms with Crippen LogP contribution < -0.4 is 16.0 Å². The average Bonchev–Trinajstić information content (AvgIpc) is 3.25. The van der Waals surface area contributed by atoms with Gasteiger partial charge >= 0.3 is 0 Å². The lowest BCUT2D eigenvalue weighted by Gasteiger charge is -2.21. The third-order valence-corrected chi connectivity index (χ3v) is 6.17. The fraction of sp³-hybridized carbons (Fsp3) is 0.457. The van der Waals surface area contributed by atoms with Crippen LogP contribution in [0.3, 0.4) is 0 Å². The lowest BCUT2D eigenvalue weighted by Crippen LogP contribution is -2.50. The van der Waals surface area contributed by atoms with Gasteiger partial charge in [-0.25, -0.2) is 0 Å². The van der Waals surface area contributed by atoms with Gasteiger partial charge in [0, 0.05) is 25.1 Å². The fourth-order valence-electron chi connectivity index (χ4n) is 3.85. The number of unbranched alkanes of at least 4 members (excludes halogenated alkanes) is 1. The molecule has 6 heteroatoms. The van der Waals surface area contributed by atoms with Gasteiger partial charge in [-0.15, -0.1) is 0 Å². The van der Waals surface area contributed by atoms with Crippen LogP contribution in [0.4, 0.5) is 0 Å². The Morgan fingerprint density at radius 1 is 0.805 bits per heavy atom. The summed E-state index contributed by atoms with van der Waals surface area (Å²) in [6.45, 7) is 6.56. The van der Waals surface area contributed by atoms with Gasteiger partial charge in [0.05, 0.1) is 0 Å². The van der Waals surface area contributed by atoms with Gasteiger partial charge in [-0.05, 0) is 63.4 Å². The van der Waals surface area contributed by atoms with Crippen molar-refractivity contribution in [2.45, 2.75) is 84.6 Å². The highest BCUT2D eigenvalue weighted by atomic mass is 16.2. The minimum absolute atomic E-state index is 0.0479. The van der Waals surface area contributed by atoms with Gasteiger partial charge < -0.3 is 16.0 Å². The van der Waals surface area contributed by atoms with E-state index in [-0.39, 0.29) is 23.6 Å². The Labute approximate surface area is 248 Å². The van der Waals surface area contributed by atoms with Gasteiger partial charge in [0.15, 0.2) is 0 Å². The maximum atomic E-state index is 12.6. The molecule has 41 heavy (non-hydrogen) atoms. The maximum absolute atomic E-state index is 12.6. The van der Waals surface area contributed by atoms with Crippen molar-refractivity contribution in [3.8, 4) is 0 Å². The van der Waals surface area contributed by atoms with Crippen LogP contribution in [0.5, 0.6) is 0 Å². The molecule has 1 atom stereocenters. The second-order valence-corrected chi connectivity index (χ2v) is 10.1. The summed E-state index contributed by atoms with van der Waals surface area (Å²) < 4.78 is 0. The molecule has 0 spiro atoms. The zero-order valence-corrected chi connectivity index (χ0v) is 25.3. The monoisotopic (exact) mass is 561 g/mol. The van der Waals surface area contributed by atoms with E-state index in [0.29, 0.717) is 31.5 Å². The predicted molar refractivity (Wildman–Crippen MR) is 172 cm³/mol. The number of amides is 3. The number of carbonyl (C=O) groups is 3. The van der Waals surface area contributed by atoms with Crippen LogP contribution in [-0.4, -0.2) is 36.9 Å². The fourth-order valence-corrected chi connectivity index (χ4v) is 3.85. The molecule has 224 valence electrons.